The van der Waals surface area contributed by atoms with Gasteiger partial charge in [-0.15, -0.1) is 6.58 Å². The van der Waals surface area contributed by atoms with Gasteiger partial charge in [0.05, 0.1) is 6.61 Å². The Bertz CT molecular complexity index is 394. The fraction of sp³-hybridized carbons (Fsp3) is 0.429. The Morgan fingerprint density at radius 3 is 3.07 bits per heavy atom. The summed E-state index contributed by atoms with van der Waals surface area (Å²) in [5.41, 5.74) is 2.74. The molecule has 1 aliphatic carbocycles. The van der Waals surface area contributed by atoms with Gasteiger partial charge in [0.1, 0.15) is 5.75 Å². The van der Waals surface area contributed by atoms with Crippen molar-refractivity contribution in [2.24, 2.45) is 5.92 Å². The fourth-order valence-corrected chi connectivity index (χ4v) is 2.68. The largest absolute Gasteiger partial charge is 0.493 e. The molecule has 1 aliphatic heterocycles. The monoisotopic (exact) mass is 200 g/mol. The third-order valence-electron chi connectivity index (χ3n) is 3.73. The van der Waals surface area contributed by atoms with Crippen LogP contribution in [0.25, 0.3) is 0 Å². The third kappa shape index (κ3) is 1.38. The predicted molar refractivity (Wildman–Crippen MR) is 61.3 cm³/mol. The minimum absolute atomic E-state index is 0.784. The maximum Gasteiger partial charge on any atom is 0.123 e. The molecule has 0 saturated heterocycles. The van der Waals surface area contributed by atoms with Crippen LogP contribution in [0.15, 0.2) is 30.9 Å². The van der Waals surface area contributed by atoms with Crippen molar-refractivity contribution in [3.63, 3.8) is 0 Å². The van der Waals surface area contributed by atoms with Crippen molar-refractivity contribution in [3.05, 3.63) is 42.0 Å². The molecular formula is C14H16O. The van der Waals surface area contributed by atoms with Crippen molar-refractivity contribution in [2.45, 2.75) is 25.2 Å². The van der Waals surface area contributed by atoms with Crippen LogP contribution in [0, 0.1) is 5.92 Å². The Morgan fingerprint density at radius 2 is 2.33 bits per heavy atom. The molecular weight excluding hydrogens is 184 g/mol. The highest BCUT2D eigenvalue weighted by atomic mass is 16.5. The van der Waals surface area contributed by atoms with Gasteiger partial charge in [0.2, 0.25) is 0 Å². The molecule has 2 unspecified atom stereocenters. The standard InChI is InChI=1S/C14H16O/c1-2-3-10-4-6-13-12-7-5-11(12)9-15-14(13)8-10/h2,4,6,8,11-12H,1,3,5,7,9H2. The van der Waals surface area contributed by atoms with Crippen molar-refractivity contribution in [1.29, 1.82) is 0 Å². The second-order valence-corrected chi connectivity index (χ2v) is 4.62. The van der Waals surface area contributed by atoms with Gasteiger partial charge < -0.3 is 4.74 Å². The van der Waals surface area contributed by atoms with Gasteiger partial charge in [0.25, 0.3) is 0 Å². The topological polar surface area (TPSA) is 9.23 Å². The molecule has 1 heteroatoms. The molecule has 78 valence electrons. The molecule has 0 bridgehead atoms. The van der Waals surface area contributed by atoms with E-state index in [4.69, 9.17) is 4.74 Å². The molecule has 0 N–H and O–H groups in total. The number of ether oxygens (including phenoxy) is 1. The lowest BCUT2D eigenvalue weighted by molar-refractivity contribution is 0.121. The normalized spacial score (nSPS) is 26.9. The molecule has 1 aromatic rings. The molecule has 1 aromatic carbocycles. The zero-order valence-corrected chi connectivity index (χ0v) is 8.91. The average Bonchev–Trinajstić information content (AvgIpc) is 2.19. The highest BCUT2D eigenvalue weighted by molar-refractivity contribution is 5.43. The molecule has 1 fully saturated rings. The fourth-order valence-electron chi connectivity index (χ4n) is 2.68. The Labute approximate surface area is 90.8 Å². The van der Waals surface area contributed by atoms with Gasteiger partial charge in [-0.05, 0) is 42.4 Å². The smallest absolute Gasteiger partial charge is 0.123 e. The van der Waals surface area contributed by atoms with Crippen LogP contribution in [0.3, 0.4) is 0 Å². The van der Waals surface area contributed by atoms with E-state index < -0.39 is 0 Å². The molecule has 0 spiro atoms. The molecule has 15 heavy (non-hydrogen) atoms. The van der Waals surface area contributed by atoms with E-state index in [2.05, 4.69) is 24.8 Å². The average molecular weight is 200 g/mol. The number of fused-ring (bicyclic) bond motifs is 3. The molecule has 1 nitrogen and oxygen atoms in total. The van der Waals surface area contributed by atoms with Crippen LogP contribution in [0.4, 0.5) is 0 Å². The summed E-state index contributed by atoms with van der Waals surface area (Å²) in [6.45, 7) is 4.69. The summed E-state index contributed by atoms with van der Waals surface area (Å²) in [4.78, 5) is 0. The van der Waals surface area contributed by atoms with Gasteiger partial charge in [0.15, 0.2) is 0 Å². The number of hydrogen-bond acceptors (Lipinski definition) is 1. The van der Waals surface area contributed by atoms with E-state index in [0.29, 0.717) is 0 Å². The first-order valence-corrected chi connectivity index (χ1v) is 5.75. The minimum Gasteiger partial charge on any atom is -0.493 e. The Kier molecular flexibility index (Phi) is 2.05. The lowest BCUT2D eigenvalue weighted by Crippen LogP contribution is -2.33. The highest BCUT2D eigenvalue weighted by Crippen LogP contribution is 2.49. The van der Waals surface area contributed by atoms with E-state index in [1.807, 2.05) is 6.08 Å². The van der Waals surface area contributed by atoms with Crippen molar-refractivity contribution in [2.75, 3.05) is 6.61 Å². The van der Waals surface area contributed by atoms with E-state index >= 15 is 0 Å². The van der Waals surface area contributed by atoms with Gasteiger partial charge in [-0.2, -0.15) is 0 Å². The van der Waals surface area contributed by atoms with Crippen LogP contribution in [0.1, 0.15) is 29.9 Å². The first-order valence-electron chi connectivity index (χ1n) is 5.75. The molecule has 2 atom stereocenters. The van der Waals surface area contributed by atoms with Gasteiger partial charge in [-0.1, -0.05) is 18.2 Å². The Morgan fingerprint density at radius 1 is 1.40 bits per heavy atom. The molecule has 2 aliphatic rings. The van der Waals surface area contributed by atoms with Gasteiger partial charge >= 0.3 is 0 Å². The number of hydrogen-bond donors (Lipinski definition) is 0. The molecule has 0 amide bonds. The zero-order valence-electron chi connectivity index (χ0n) is 8.91. The van der Waals surface area contributed by atoms with Gasteiger partial charge in [0, 0.05) is 5.92 Å². The quantitative estimate of drug-likeness (QED) is 0.665. The van der Waals surface area contributed by atoms with Crippen LogP contribution in [0.5, 0.6) is 5.75 Å². The summed E-state index contributed by atoms with van der Waals surface area (Å²) in [6, 6.07) is 6.65. The minimum atomic E-state index is 0.784. The summed E-state index contributed by atoms with van der Waals surface area (Å²) in [5.74, 6) is 2.70. The summed E-state index contributed by atoms with van der Waals surface area (Å²) in [5, 5.41) is 0. The van der Waals surface area contributed by atoms with E-state index in [1.165, 1.54) is 24.0 Å². The number of benzene rings is 1. The number of rotatable bonds is 2. The van der Waals surface area contributed by atoms with Gasteiger partial charge in [-0.25, -0.2) is 0 Å². The second kappa shape index (κ2) is 3.41. The maximum absolute atomic E-state index is 5.81. The van der Waals surface area contributed by atoms with E-state index in [1.54, 1.807) is 0 Å². The van der Waals surface area contributed by atoms with Crippen molar-refractivity contribution in [1.82, 2.24) is 0 Å². The Balaban J connectivity index is 1.95. The van der Waals surface area contributed by atoms with Crippen LogP contribution < -0.4 is 4.74 Å². The van der Waals surface area contributed by atoms with Crippen LogP contribution in [0.2, 0.25) is 0 Å². The zero-order chi connectivity index (χ0) is 10.3. The Hall–Kier alpha value is -1.24. The first kappa shape index (κ1) is 9.02. The highest BCUT2D eigenvalue weighted by Gasteiger charge is 2.37. The number of allylic oxidation sites excluding steroid dienone is 1. The second-order valence-electron chi connectivity index (χ2n) is 4.62. The summed E-state index contributed by atoms with van der Waals surface area (Å²) in [7, 11) is 0. The molecule has 1 heterocycles. The SMILES string of the molecule is C=CCc1ccc2c(c1)OCC1CCC21. The van der Waals surface area contributed by atoms with E-state index in [9.17, 15) is 0 Å². The van der Waals surface area contributed by atoms with Crippen molar-refractivity contribution in [3.8, 4) is 5.75 Å². The van der Waals surface area contributed by atoms with Gasteiger partial charge in [-0.3, -0.25) is 0 Å². The maximum atomic E-state index is 5.81. The van der Waals surface area contributed by atoms with Crippen LogP contribution >= 0.6 is 0 Å². The van der Waals surface area contributed by atoms with Crippen molar-refractivity contribution >= 4 is 0 Å². The summed E-state index contributed by atoms with van der Waals surface area (Å²) >= 11 is 0. The summed E-state index contributed by atoms with van der Waals surface area (Å²) < 4.78 is 5.81. The molecule has 3 rings (SSSR count). The summed E-state index contributed by atoms with van der Waals surface area (Å²) in [6.07, 6.45) is 5.57. The molecule has 1 saturated carbocycles. The van der Waals surface area contributed by atoms with E-state index in [0.717, 1.165) is 30.6 Å². The molecule has 0 radical (unpaired) electrons. The van der Waals surface area contributed by atoms with E-state index in [-0.39, 0.29) is 0 Å². The van der Waals surface area contributed by atoms with Crippen LogP contribution in [-0.4, -0.2) is 6.61 Å². The first-order chi connectivity index (χ1) is 7.38. The third-order valence-corrected chi connectivity index (χ3v) is 3.73. The van der Waals surface area contributed by atoms with Crippen LogP contribution in [-0.2, 0) is 6.42 Å². The lowest BCUT2D eigenvalue weighted by atomic mass is 9.69. The molecule has 0 aromatic heterocycles. The van der Waals surface area contributed by atoms with Crippen molar-refractivity contribution < 1.29 is 4.74 Å². The predicted octanol–water partition coefficient (Wildman–Crippen LogP) is 3.30. The lowest BCUT2D eigenvalue weighted by Gasteiger charge is -2.41.